The molecule has 0 saturated carbocycles. The molecule has 1 fully saturated rings. The average molecular weight is 267 g/mol. The standard InChI is InChI=1S/C14H18N2O.ClH/c1-10-4-5-11-3-2-6-16(13(11)7-10)14(17)12-8-15-9-12;/h4-5,7,12,15H,2-3,6,8-9H2,1H3;1H. The molecule has 1 aromatic rings. The Labute approximate surface area is 114 Å². The zero-order chi connectivity index (χ0) is 11.8. The topological polar surface area (TPSA) is 32.3 Å². The van der Waals surface area contributed by atoms with Gasteiger partial charge >= 0.3 is 0 Å². The highest BCUT2D eigenvalue weighted by atomic mass is 35.5. The van der Waals surface area contributed by atoms with Crippen molar-refractivity contribution >= 4 is 24.0 Å². The van der Waals surface area contributed by atoms with E-state index in [0.29, 0.717) is 5.91 Å². The van der Waals surface area contributed by atoms with Crippen molar-refractivity contribution in [2.75, 3.05) is 24.5 Å². The number of anilines is 1. The molecule has 1 N–H and O–H groups in total. The Kier molecular flexibility index (Phi) is 3.93. The predicted octanol–water partition coefficient (Wildman–Crippen LogP) is 1.92. The van der Waals surface area contributed by atoms with E-state index in [0.717, 1.165) is 38.2 Å². The number of benzene rings is 1. The van der Waals surface area contributed by atoms with Gasteiger partial charge in [0.25, 0.3) is 0 Å². The Balaban J connectivity index is 0.00000120. The van der Waals surface area contributed by atoms with Crippen molar-refractivity contribution < 1.29 is 4.79 Å². The second kappa shape index (κ2) is 5.29. The molecule has 0 radical (unpaired) electrons. The lowest BCUT2D eigenvalue weighted by Crippen LogP contribution is -2.53. The van der Waals surface area contributed by atoms with Crippen LogP contribution in [0.4, 0.5) is 5.69 Å². The Hall–Kier alpha value is -1.06. The van der Waals surface area contributed by atoms with Crippen LogP contribution in [-0.4, -0.2) is 25.5 Å². The Morgan fingerprint density at radius 2 is 2.17 bits per heavy atom. The number of carbonyl (C=O) groups excluding carboxylic acids is 1. The molecule has 0 aromatic heterocycles. The van der Waals surface area contributed by atoms with Gasteiger partial charge in [0.1, 0.15) is 0 Å². The fourth-order valence-corrected chi connectivity index (χ4v) is 2.60. The summed E-state index contributed by atoms with van der Waals surface area (Å²) in [5.74, 6) is 0.497. The van der Waals surface area contributed by atoms with E-state index in [4.69, 9.17) is 0 Å². The van der Waals surface area contributed by atoms with Crippen LogP contribution in [-0.2, 0) is 11.2 Å². The van der Waals surface area contributed by atoms with Crippen LogP contribution < -0.4 is 10.2 Å². The molecule has 2 aliphatic heterocycles. The molecule has 1 amide bonds. The van der Waals surface area contributed by atoms with E-state index in [1.807, 2.05) is 4.90 Å². The fourth-order valence-electron chi connectivity index (χ4n) is 2.60. The first-order valence-corrected chi connectivity index (χ1v) is 6.37. The largest absolute Gasteiger partial charge is 0.315 e. The molecule has 98 valence electrons. The van der Waals surface area contributed by atoms with E-state index in [1.54, 1.807) is 0 Å². The van der Waals surface area contributed by atoms with Gasteiger partial charge in [-0.1, -0.05) is 12.1 Å². The van der Waals surface area contributed by atoms with Crippen molar-refractivity contribution in [2.24, 2.45) is 5.92 Å². The van der Waals surface area contributed by atoms with E-state index in [-0.39, 0.29) is 18.3 Å². The highest BCUT2D eigenvalue weighted by Gasteiger charge is 2.32. The first kappa shape index (κ1) is 13.4. The first-order chi connectivity index (χ1) is 8.25. The van der Waals surface area contributed by atoms with Crippen LogP contribution in [0.1, 0.15) is 17.5 Å². The lowest BCUT2D eigenvalue weighted by Gasteiger charge is -2.35. The van der Waals surface area contributed by atoms with Gasteiger partial charge in [0.2, 0.25) is 5.91 Å². The van der Waals surface area contributed by atoms with E-state index >= 15 is 0 Å². The summed E-state index contributed by atoms with van der Waals surface area (Å²) in [5, 5.41) is 3.17. The SMILES string of the molecule is Cc1ccc2c(c1)N(C(=O)C1CNC1)CCC2.Cl. The Morgan fingerprint density at radius 1 is 1.39 bits per heavy atom. The zero-order valence-corrected chi connectivity index (χ0v) is 11.4. The summed E-state index contributed by atoms with van der Waals surface area (Å²) in [7, 11) is 0. The van der Waals surface area contributed by atoms with E-state index in [1.165, 1.54) is 11.1 Å². The molecule has 18 heavy (non-hydrogen) atoms. The number of hydrogen-bond acceptors (Lipinski definition) is 2. The van der Waals surface area contributed by atoms with Crippen molar-refractivity contribution in [1.82, 2.24) is 5.32 Å². The molecule has 4 heteroatoms. The zero-order valence-electron chi connectivity index (χ0n) is 10.6. The van der Waals surface area contributed by atoms with Gasteiger partial charge in [0.15, 0.2) is 0 Å². The lowest BCUT2D eigenvalue weighted by molar-refractivity contribution is -0.123. The molecule has 0 bridgehead atoms. The number of carbonyl (C=O) groups is 1. The van der Waals surface area contributed by atoms with Crippen molar-refractivity contribution in [2.45, 2.75) is 19.8 Å². The minimum atomic E-state index is 0. The molecule has 2 aliphatic rings. The van der Waals surface area contributed by atoms with Crippen molar-refractivity contribution in [3.63, 3.8) is 0 Å². The summed E-state index contributed by atoms with van der Waals surface area (Å²) in [6.07, 6.45) is 2.18. The second-order valence-electron chi connectivity index (χ2n) is 5.08. The first-order valence-electron chi connectivity index (χ1n) is 6.37. The lowest BCUT2D eigenvalue weighted by atomic mass is 9.96. The normalized spacial score (nSPS) is 18.6. The number of nitrogens with zero attached hydrogens (tertiary/aromatic N) is 1. The summed E-state index contributed by atoms with van der Waals surface area (Å²) in [6, 6.07) is 6.46. The van der Waals surface area contributed by atoms with Crippen LogP contribution in [0.5, 0.6) is 0 Å². The molecule has 3 rings (SSSR count). The van der Waals surface area contributed by atoms with Crippen molar-refractivity contribution in [3.8, 4) is 0 Å². The number of amides is 1. The molecule has 0 unspecified atom stereocenters. The van der Waals surface area contributed by atoms with Crippen LogP contribution in [0.3, 0.4) is 0 Å². The van der Waals surface area contributed by atoms with E-state index < -0.39 is 0 Å². The summed E-state index contributed by atoms with van der Waals surface area (Å²) in [4.78, 5) is 14.3. The summed E-state index contributed by atoms with van der Waals surface area (Å²) >= 11 is 0. The molecule has 2 heterocycles. The maximum atomic E-state index is 12.3. The van der Waals surface area contributed by atoms with Gasteiger partial charge in [-0.15, -0.1) is 12.4 Å². The molecular weight excluding hydrogens is 248 g/mol. The molecule has 0 atom stereocenters. The highest BCUT2D eigenvalue weighted by Crippen LogP contribution is 2.29. The van der Waals surface area contributed by atoms with Crippen molar-refractivity contribution in [1.29, 1.82) is 0 Å². The number of rotatable bonds is 1. The summed E-state index contributed by atoms with van der Waals surface area (Å²) in [6.45, 7) is 4.65. The fraction of sp³-hybridized carbons (Fsp3) is 0.500. The van der Waals surface area contributed by atoms with Crippen LogP contribution in [0.15, 0.2) is 18.2 Å². The monoisotopic (exact) mass is 266 g/mol. The second-order valence-corrected chi connectivity index (χ2v) is 5.08. The number of nitrogens with one attached hydrogen (secondary N) is 1. The van der Waals surface area contributed by atoms with Gasteiger partial charge in [-0.3, -0.25) is 4.79 Å². The molecule has 0 spiro atoms. The third-order valence-electron chi connectivity index (χ3n) is 3.76. The molecule has 1 aromatic carbocycles. The summed E-state index contributed by atoms with van der Waals surface area (Å²) < 4.78 is 0. The Morgan fingerprint density at radius 3 is 2.83 bits per heavy atom. The van der Waals surface area contributed by atoms with Crippen LogP contribution in [0, 0.1) is 12.8 Å². The van der Waals surface area contributed by atoms with Gasteiger partial charge < -0.3 is 10.2 Å². The van der Waals surface area contributed by atoms with Crippen LogP contribution >= 0.6 is 12.4 Å². The minimum absolute atomic E-state index is 0. The minimum Gasteiger partial charge on any atom is -0.315 e. The predicted molar refractivity (Wildman–Crippen MR) is 75.5 cm³/mol. The van der Waals surface area contributed by atoms with Crippen LogP contribution in [0.25, 0.3) is 0 Å². The van der Waals surface area contributed by atoms with Gasteiger partial charge in [-0.05, 0) is 37.0 Å². The molecule has 3 nitrogen and oxygen atoms in total. The molecule has 1 saturated heterocycles. The molecule has 0 aliphatic carbocycles. The third-order valence-corrected chi connectivity index (χ3v) is 3.76. The van der Waals surface area contributed by atoms with Gasteiger partial charge in [0, 0.05) is 25.3 Å². The quantitative estimate of drug-likeness (QED) is 0.842. The number of hydrogen-bond donors (Lipinski definition) is 1. The van der Waals surface area contributed by atoms with E-state index in [9.17, 15) is 4.79 Å². The maximum absolute atomic E-state index is 12.3. The van der Waals surface area contributed by atoms with Crippen molar-refractivity contribution in [3.05, 3.63) is 29.3 Å². The smallest absolute Gasteiger partial charge is 0.232 e. The van der Waals surface area contributed by atoms with Crippen LogP contribution in [0.2, 0.25) is 0 Å². The average Bonchev–Trinajstić information content (AvgIpc) is 2.25. The molecular formula is C14H19ClN2O. The highest BCUT2D eigenvalue weighted by molar-refractivity contribution is 5.97. The van der Waals surface area contributed by atoms with Gasteiger partial charge in [-0.25, -0.2) is 0 Å². The third kappa shape index (κ3) is 2.25. The maximum Gasteiger partial charge on any atom is 0.232 e. The number of halogens is 1. The van der Waals surface area contributed by atoms with E-state index in [2.05, 4.69) is 30.4 Å². The number of aryl methyl sites for hydroxylation is 2. The Bertz CT molecular complexity index is 457. The number of fused-ring (bicyclic) bond motifs is 1. The van der Waals surface area contributed by atoms with Gasteiger partial charge in [-0.2, -0.15) is 0 Å². The summed E-state index contributed by atoms with van der Waals surface area (Å²) in [5.41, 5.74) is 3.70. The van der Waals surface area contributed by atoms with Gasteiger partial charge in [0.05, 0.1) is 5.92 Å².